The molecule has 3 aromatic rings. The van der Waals surface area contributed by atoms with Crippen molar-refractivity contribution in [3.8, 4) is 11.1 Å². The molecule has 1 aliphatic rings. The molecule has 3 heterocycles. The van der Waals surface area contributed by atoms with Crippen molar-refractivity contribution >= 4 is 46.2 Å². The average molecular weight is 408 g/mol. The maximum absolute atomic E-state index is 11.3. The first-order valence-electron chi connectivity index (χ1n) is 9.11. The van der Waals surface area contributed by atoms with Gasteiger partial charge in [0.05, 0.1) is 28.3 Å². The standard InChI is InChI=1S/C17H17Cl2N5O.C2H6/c1-2-20-12-5-11(18)16(19)17-15(12)14(10-6-21-22-7-10)13-8-23(9-25)3-4-24(13)17;1-2/h5-7,9,20H,2-4,8H2,1H3,(H,21,22);1-2H3. The van der Waals surface area contributed by atoms with E-state index in [1.54, 1.807) is 11.1 Å². The molecule has 0 saturated carbocycles. The van der Waals surface area contributed by atoms with Crippen LogP contribution < -0.4 is 5.32 Å². The Labute approximate surface area is 168 Å². The van der Waals surface area contributed by atoms with E-state index in [1.807, 2.05) is 33.0 Å². The number of nitrogens with one attached hydrogen (secondary N) is 2. The second-order valence-corrected chi connectivity index (χ2v) is 6.80. The smallest absolute Gasteiger partial charge is 0.210 e. The number of amides is 1. The van der Waals surface area contributed by atoms with Gasteiger partial charge in [-0.3, -0.25) is 9.89 Å². The van der Waals surface area contributed by atoms with Crippen LogP contribution in [0.3, 0.4) is 0 Å². The summed E-state index contributed by atoms with van der Waals surface area (Å²) < 4.78 is 2.17. The normalized spacial score (nSPS) is 13.1. The summed E-state index contributed by atoms with van der Waals surface area (Å²) in [5.74, 6) is 0. The highest BCUT2D eigenvalue weighted by Crippen LogP contribution is 2.45. The molecule has 1 amide bonds. The van der Waals surface area contributed by atoms with Gasteiger partial charge in [-0.1, -0.05) is 37.0 Å². The fourth-order valence-corrected chi connectivity index (χ4v) is 4.01. The Bertz CT molecular complexity index is 949. The number of hydrogen-bond donors (Lipinski definition) is 2. The Hall–Kier alpha value is -2.18. The summed E-state index contributed by atoms with van der Waals surface area (Å²) in [6, 6.07) is 1.86. The number of aromatic nitrogens is 3. The highest BCUT2D eigenvalue weighted by molar-refractivity contribution is 6.46. The number of hydrogen-bond acceptors (Lipinski definition) is 3. The molecule has 0 unspecified atom stereocenters. The summed E-state index contributed by atoms with van der Waals surface area (Å²) in [4.78, 5) is 13.1. The van der Waals surface area contributed by atoms with Crippen molar-refractivity contribution in [2.24, 2.45) is 0 Å². The van der Waals surface area contributed by atoms with Crippen LogP contribution in [0.4, 0.5) is 5.69 Å². The maximum atomic E-state index is 11.3. The van der Waals surface area contributed by atoms with Crippen molar-refractivity contribution in [1.29, 1.82) is 0 Å². The predicted octanol–water partition coefficient (Wildman–Crippen LogP) is 4.77. The van der Waals surface area contributed by atoms with Gasteiger partial charge in [-0.15, -0.1) is 0 Å². The van der Waals surface area contributed by atoms with Crippen molar-refractivity contribution in [3.05, 3.63) is 34.2 Å². The largest absolute Gasteiger partial charge is 0.385 e. The number of fused-ring (bicyclic) bond motifs is 3. The second kappa shape index (κ2) is 8.23. The van der Waals surface area contributed by atoms with Crippen molar-refractivity contribution in [1.82, 2.24) is 19.7 Å². The highest BCUT2D eigenvalue weighted by atomic mass is 35.5. The predicted molar refractivity (Wildman–Crippen MR) is 112 cm³/mol. The van der Waals surface area contributed by atoms with Gasteiger partial charge in [0.15, 0.2) is 0 Å². The first-order valence-corrected chi connectivity index (χ1v) is 9.86. The Kier molecular flexibility index (Phi) is 5.97. The fraction of sp³-hybridized carbons (Fsp3) is 0.368. The summed E-state index contributed by atoms with van der Waals surface area (Å²) >= 11 is 13.0. The fourth-order valence-electron chi connectivity index (χ4n) is 3.56. The van der Waals surface area contributed by atoms with E-state index in [9.17, 15) is 4.79 Å². The van der Waals surface area contributed by atoms with Gasteiger partial charge in [0, 0.05) is 53.7 Å². The lowest BCUT2D eigenvalue weighted by molar-refractivity contribution is -0.119. The van der Waals surface area contributed by atoms with Crippen molar-refractivity contribution in [2.75, 3.05) is 18.4 Å². The summed E-state index contributed by atoms with van der Waals surface area (Å²) in [6.45, 7) is 8.64. The van der Waals surface area contributed by atoms with Gasteiger partial charge < -0.3 is 14.8 Å². The lowest BCUT2D eigenvalue weighted by atomic mass is 10.0. The molecule has 2 aromatic heterocycles. The summed E-state index contributed by atoms with van der Waals surface area (Å²) in [5, 5.41) is 12.4. The molecular formula is C19H23Cl2N5O. The van der Waals surface area contributed by atoms with Crippen LogP contribution in [0.1, 0.15) is 26.5 Å². The number of carbonyl (C=O) groups excluding carboxylic acids is 1. The van der Waals surface area contributed by atoms with Crippen molar-refractivity contribution in [3.63, 3.8) is 0 Å². The molecule has 0 spiro atoms. The topological polar surface area (TPSA) is 66.0 Å². The van der Waals surface area contributed by atoms with Gasteiger partial charge in [0.1, 0.15) is 0 Å². The van der Waals surface area contributed by atoms with Crippen LogP contribution >= 0.6 is 23.2 Å². The number of benzene rings is 1. The summed E-state index contributed by atoms with van der Waals surface area (Å²) in [7, 11) is 0. The van der Waals surface area contributed by atoms with Gasteiger partial charge in [0.2, 0.25) is 6.41 Å². The molecule has 8 heteroatoms. The zero-order valence-electron chi connectivity index (χ0n) is 15.6. The number of aromatic amines is 1. The Morgan fingerprint density at radius 3 is 2.74 bits per heavy atom. The lowest BCUT2D eigenvalue weighted by Gasteiger charge is -2.26. The quantitative estimate of drug-likeness (QED) is 0.612. The molecule has 1 aromatic carbocycles. The second-order valence-electron chi connectivity index (χ2n) is 6.01. The molecule has 0 bridgehead atoms. The van der Waals surface area contributed by atoms with Crippen LogP contribution in [0.5, 0.6) is 0 Å². The highest BCUT2D eigenvalue weighted by Gasteiger charge is 2.28. The first-order chi connectivity index (χ1) is 13.2. The number of nitrogens with zero attached hydrogens (tertiary/aromatic N) is 3. The monoisotopic (exact) mass is 407 g/mol. The number of H-pyrrole nitrogens is 1. The molecule has 27 heavy (non-hydrogen) atoms. The Morgan fingerprint density at radius 2 is 2.11 bits per heavy atom. The van der Waals surface area contributed by atoms with Crippen LogP contribution in [0, 0.1) is 0 Å². The third-order valence-corrected chi connectivity index (χ3v) is 5.37. The SMILES string of the molecule is CC.CCNc1cc(Cl)c(Cl)c2c1c(-c1cn[nH]c1)c1n2CCN(C=O)C1. The zero-order chi connectivity index (χ0) is 19.6. The molecule has 0 aliphatic carbocycles. The third kappa shape index (κ3) is 3.28. The van der Waals surface area contributed by atoms with Crippen molar-refractivity contribution < 1.29 is 4.79 Å². The molecule has 0 radical (unpaired) electrons. The van der Waals surface area contributed by atoms with Crippen LogP contribution in [0.25, 0.3) is 22.0 Å². The van der Waals surface area contributed by atoms with Crippen LogP contribution in [-0.2, 0) is 17.9 Å². The Balaban J connectivity index is 0.00000102. The minimum absolute atomic E-state index is 0.516. The molecule has 0 saturated heterocycles. The van der Waals surface area contributed by atoms with E-state index in [4.69, 9.17) is 23.2 Å². The lowest BCUT2D eigenvalue weighted by Crippen LogP contribution is -2.32. The van der Waals surface area contributed by atoms with Gasteiger partial charge in [0.25, 0.3) is 0 Å². The molecule has 0 atom stereocenters. The first kappa shape index (κ1) is 19.6. The van der Waals surface area contributed by atoms with E-state index in [2.05, 4.69) is 20.1 Å². The summed E-state index contributed by atoms with van der Waals surface area (Å²) in [6.07, 6.45) is 4.53. The van der Waals surface area contributed by atoms with Gasteiger partial charge in [-0.2, -0.15) is 5.10 Å². The molecule has 0 fully saturated rings. The van der Waals surface area contributed by atoms with Crippen LogP contribution in [0.15, 0.2) is 18.5 Å². The Morgan fingerprint density at radius 1 is 1.33 bits per heavy atom. The average Bonchev–Trinajstić information content (AvgIpc) is 3.32. The number of carbonyl (C=O) groups is 1. The molecular weight excluding hydrogens is 385 g/mol. The van der Waals surface area contributed by atoms with E-state index in [-0.39, 0.29) is 0 Å². The van der Waals surface area contributed by atoms with E-state index in [1.165, 1.54) is 0 Å². The minimum Gasteiger partial charge on any atom is -0.385 e. The molecule has 6 nitrogen and oxygen atoms in total. The van der Waals surface area contributed by atoms with E-state index >= 15 is 0 Å². The van der Waals surface area contributed by atoms with E-state index in [0.717, 1.165) is 46.4 Å². The summed E-state index contributed by atoms with van der Waals surface area (Å²) in [5.41, 5.74) is 4.87. The van der Waals surface area contributed by atoms with Gasteiger partial charge in [-0.05, 0) is 13.0 Å². The van der Waals surface area contributed by atoms with Gasteiger partial charge >= 0.3 is 0 Å². The number of anilines is 1. The van der Waals surface area contributed by atoms with Crippen LogP contribution in [0.2, 0.25) is 10.0 Å². The third-order valence-electron chi connectivity index (χ3n) is 4.60. The van der Waals surface area contributed by atoms with Crippen molar-refractivity contribution in [2.45, 2.75) is 33.9 Å². The minimum atomic E-state index is 0.516. The molecule has 2 N–H and O–H groups in total. The maximum Gasteiger partial charge on any atom is 0.210 e. The zero-order valence-corrected chi connectivity index (χ0v) is 17.2. The number of halogens is 2. The molecule has 144 valence electrons. The van der Waals surface area contributed by atoms with Gasteiger partial charge in [-0.25, -0.2) is 0 Å². The number of rotatable bonds is 4. The van der Waals surface area contributed by atoms with E-state index in [0.29, 0.717) is 29.7 Å². The molecule has 1 aliphatic heterocycles. The van der Waals surface area contributed by atoms with Crippen LogP contribution in [-0.4, -0.2) is 39.2 Å². The van der Waals surface area contributed by atoms with E-state index < -0.39 is 0 Å². The molecule has 4 rings (SSSR count).